The number of azo groups is 1. The summed E-state index contributed by atoms with van der Waals surface area (Å²) in [6.45, 7) is 0. The van der Waals surface area contributed by atoms with E-state index in [1.807, 2.05) is 36.4 Å². The van der Waals surface area contributed by atoms with Gasteiger partial charge in [0.25, 0.3) is 0 Å². The fourth-order valence-corrected chi connectivity index (χ4v) is 2.63. The van der Waals surface area contributed by atoms with E-state index in [1.54, 1.807) is 24.3 Å². The van der Waals surface area contributed by atoms with Crippen LogP contribution in [0, 0.1) is 6.07 Å². The molecule has 0 aromatic heterocycles. The maximum atomic E-state index is 11.3. The third-order valence-corrected chi connectivity index (χ3v) is 4.25. The van der Waals surface area contributed by atoms with Crippen LogP contribution in [0.3, 0.4) is 0 Å². The molecule has 24 heavy (non-hydrogen) atoms. The van der Waals surface area contributed by atoms with Crippen LogP contribution in [0.5, 0.6) is 0 Å². The number of hydrogen-bond acceptors (Lipinski definition) is 4. The molecule has 1 radical (unpaired) electrons. The summed E-state index contributed by atoms with van der Waals surface area (Å²) in [6, 6.07) is 24.2. The van der Waals surface area contributed by atoms with Gasteiger partial charge in [0.05, 0.1) is 16.3 Å². The second kappa shape index (κ2) is 6.74. The Balaban J connectivity index is 1.87. The zero-order valence-corrected chi connectivity index (χ0v) is 13.4. The minimum absolute atomic E-state index is 0.0752. The maximum Gasteiger partial charge on any atom is 0.238 e. The van der Waals surface area contributed by atoms with Gasteiger partial charge in [0.2, 0.25) is 10.0 Å². The molecule has 0 aliphatic carbocycles. The van der Waals surface area contributed by atoms with E-state index in [9.17, 15) is 8.42 Å². The summed E-state index contributed by atoms with van der Waals surface area (Å²) in [5, 5.41) is 13.5. The lowest BCUT2D eigenvalue weighted by Gasteiger charge is -2.03. The summed E-state index contributed by atoms with van der Waals surface area (Å²) < 4.78 is 22.6. The standard InChI is InChI=1S/C18H14N3O2S/c19-24(22,23)18-11-9-14(10-12-18)15-5-4-8-17(13-15)21-20-16-6-2-1-3-7-16/h1-4,6-13H,(H2,19,22,23). The molecule has 0 spiro atoms. The first kappa shape index (κ1) is 16.0. The van der Waals surface area contributed by atoms with Crippen molar-refractivity contribution >= 4 is 21.4 Å². The van der Waals surface area contributed by atoms with Gasteiger partial charge in [0.1, 0.15) is 0 Å². The van der Waals surface area contributed by atoms with Crippen molar-refractivity contribution in [2.45, 2.75) is 4.90 Å². The topological polar surface area (TPSA) is 84.9 Å². The van der Waals surface area contributed by atoms with Crippen molar-refractivity contribution in [2.24, 2.45) is 15.4 Å². The Morgan fingerprint density at radius 3 is 2.17 bits per heavy atom. The SMILES string of the molecule is NS(=O)(=O)c1ccc(-c2[c]ccc(N=Nc3ccccc3)c2)cc1. The number of benzene rings is 3. The first-order chi connectivity index (χ1) is 11.5. The lowest BCUT2D eigenvalue weighted by atomic mass is 10.1. The van der Waals surface area contributed by atoms with Crippen molar-refractivity contribution in [3.63, 3.8) is 0 Å². The predicted molar refractivity (Wildman–Crippen MR) is 92.7 cm³/mol. The van der Waals surface area contributed by atoms with Gasteiger partial charge in [-0.25, -0.2) is 13.6 Å². The molecule has 0 aliphatic heterocycles. The Morgan fingerprint density at radius 2 is 1.50 bits per heavy atom. The molecule has 0 aliphatic rings. The number of nitrogens with two attached hydrogens (primary N) is 1. The highest BCUT2D eigenvalue weighted by atomic mass is 32.2. The average Bonchev–Trinajstić information content (AvgIpc) is 2.60. The van der Waals surface area contributed by atoms with Gasteiger partial charge < -0.3 is 0 Å². The van der Waals surface area contributed by atoms with Crippen molar-refractivity contribution in [3.8, 4) is 11.1 Å². The Bertz CT molecular complexity index is 967. The van der Waals surface area contributed by atoms with Gasteiger partial charge in [-0.2, -0.15) is 10.2 Å². The molecule has 0 heterocycles. The molecule has 0 saturated heterocycles. The third-order valence-electron chi connectivity index (χ3n) is 3.32. The Morgan fingerprint density at radius 1 is 0.833 bits per heavy atom. The molecule has 119 valence electrons. The van der Waals surface area contributed by atoms with E-state index in [0.717, 1.165) is 16.8 Å². The van der Waals surface area contributed by atoms with E-state index < -0.39 is 10.0 Å². The van der Waals surface area contributed by atoms with Gasteiger partial charge in [-0.1, -0.05) is 36.4 Å². The first-order valence-electron chi connectivity index (χ1n) is 7.14. The zero-order valence-electron chi connectivity index (χ0n) is 12.6. The summed E-state index contributed by atoms with van der Waals surface area (Å²) >= 11 is 0. The highest BCUT2D eigenvalue weighted by molar-refractivity contribution is 7.89. The fourth-order valence-electron chi connectivity index (χ4n) is 2.12. The van der Waals surface area contributed by atoms with Gasteiger partial charge in [-0.3, -0.25) is 0 Å². The average molecular weight is 336 g/mol. The normalized spacial score (nSPS) is 11.7. The van der Waals surface area contributed by atoms with Crippen LogP contribution in [0.25, 0.3) is 11.1 Å². The van der Waals surface area contributed by atoms with E-state index in [1.165, 1.54) is 12.1 Å². The van der Waals surface area contributed by atoms with Gasteiger partial charge in [-0.15, -0.1) is 0 Å². The highest BCUT2D eigenvalue weighted by Crippen LogP contribution is 2.26. The number of sulfonamides is 1. The quantitative estimate of drug-likeness (QED) is 0.723. The monoisotopic (exact) mass is 336 g/mol. The van der Waals surface area contributed by atoms with Crippen LogP contribution in [-0.2, 0) is 10.0 Å². The molecule has 3 aromatic carbocycles. The largest absolute Gasteiger partial charge is 0.238 e. The number of hydrogen-bond donors (Lipinski definition) is 1. The Labute approximate surface area is 140 Å². The molecule has 0 bridgehead atoms. The van der Waals surface area contributed by atoms with E-state index in [4.69, 9.17) is 5.14 Å². The predicted octanol–water partition coefficient (Wildman–Crippen LogP) is 4.22. The molecular weight excluding hydrogens is 322 g/mol. The zero-order chi connectivity index (χ0) is 17.0. The van der Waals surface area contributed by atoms with Crippen LogP contribution < -0.4 is 5.14 Å². The highest BCUT2D eigenvalue weighted by Gasteiger charge is 2.07. The van der Waals surface area contributed by atoms with Crippen LogP contribution in [0.4, 0.5) is 11.4 Å². The third kappa shape index (κ3) is 3.92. The molecule has 3 aromatic rings. The first-order valence-corrected chi connectivity index (χ1v) is 8.69. The van der Waals surface area contributed by atoms with Crippen molar-refractivity contribution in [3.05, 3.63) is 78.9 Å². The van der Waals surface area contributed by atoms with E-state index >= 15 is 0 Å². The maximum absolute atomic E-state index is 11.3. The Kier molecular flexibility index (Phi) is 4.50. The molecule has 0 saturated carbocycles. The van der Waals surface area contributed by atoms with E-state index in [2.05, 4.69) is 16.3 Å². The number of rotatable bonds is 4. The van der Waals surface area contributed by atoms with Crippen molar-refractivity contribution in [1.82, 2.24) is 0 Å². The lowest BCUT2D eigenvalue weighted by Crippen LogP contribution is -2.11. The van der Waals surface area contributed by atoms with Crippen LogP contribution in [0.15, 0.2) is 87.9 Å². The van der Waals surface area contributed by atoms with Crippen molar-refractivity contribution < 1.29 is 8.42 Å². The van der Waals surface area contributed by atoms with Gasteiger partial charge in [0.15, 0.2) is 0 Å². The number of primary sulfonamides is 1. The minimum atomic E-state index is -3.69. The molecule has 6 heteroatoms. The summed E-state index contributed by atoms with van der Waals surface area (Å²) in [6.07, 6.45) is 0. The van der Waals surface area contributed by atoms with Crippen LogP contribution >= 0.6 is 0 Å². The minimum Gasteiger partial charge on any atom is -0.225 e. The molecule has 0 fully saturated rings. The van der Waals surface area contributed by atoms with Crippen LogP contribution in [0.1, 0.15) is 0 Å². The molecule has 0 atom stereocenters. The molecular formula is C18H14N3O2S. The summed E-state index contributed by atoms with van der Waals surface area (Å²) in [5.41, 5.74) is 3.06. The van der Waals surface area contributed by atoms with Crippen molar-refractivity contribution in [2.75, 3.05) is 0 Å². The molecule has 2 N–H and O–H groups in total. The molecule has 0 amide bonds. The van der Waals surface area contributed by atoms with Crippen LogP contribution in [-0.4, -0.2) is 8.42 Å². The summed E-state index contributed by atoms with van der Waals surface area (Å²) in [4.78, 5) is 0.0752. The second-order valence-corrected chi connectivity index (χ2v) is 6.63. The number of nitrogens with zero attached hydrogens (tertiary/aromatic N) is 2. The smallest absolute Gasteiger partial charge is 0.225 e. The lowest BCUT2D eigenvalue weighted by molar-refractivity contribution is 0.598. The second-order valence-electron chi connectivity index (χ2n) is 5.07. The van der Waals surface area contributed by atoms with Crippen LogP contribution in [0.2, 0.25) is 0 Å². The van der Waals surface area contributed by atoms with Crippen molar-refractivity contribution in [1.29, 1.82) is 0 Å². The fraction of sp³-hybridized carbons (Fsp3) is 0. The van der Waals surface area contributed by atoms with Gasteiger partial charge >= 0.3 is 0 Å². The Hall–Kier alpha value is -2.83. The van der Waals surface area contributed by atoms with Gasteiger partial charge in [-0.05, 0) is 53.6 Å². The molecule has 0 unspecified atom stereocenters. The van der Waals surface area contributed by atoms with E-state index in [0.29, 0.717) is 5.69 Å². The van der Waals surface area contributed by atoms with E-state index in [-0.39, 0.29) is 4.90 Å². The summed E-state index contributed by atoms with van der Waals surface area (Å²) in [7, 11) is -3.69. The molecule has 5 nitrogen and oxygen atoms in total. The molecule has 3 rings (SSSR count). The van der Waals surface area contributed by atoms with Gasteiger partial charge in [0, 0.05) is 0 Å². The summed E-state index contributed by atoms with van der Waals surface area (Å²) in [5.74, 6) is 0.